The number of allylic oxidation sites excluding steroid dienone is 1. The molecule has 2 heterocycles. The fourth-order valence-electron chi connectivity index (χ4n) is 4.45. The lowest BCUT2D eigenvalue weighted by Gasteiger charge is -2.17. The molecule has 3 aromatic rings. The zero-order valence-electron chi connectivity index (χ0n) is 20.4. The standard InChI is InChI=1S/C28H27ClN2O4/c1-6-35-28(33)26-19(4)31(21-10-8-7-9-11-21)27(32)23(26)15-20-14-17(2)30(18(20)3)22-12-13-25(34-5)24(29)16-22/h7-16H,6H2,1-5H3/b23-15-. The number of esters is 1. The molecule has 1 aromatic heterocycles. The lowest BCUT2D eigenvalue weighted by atomic mass is 10.0. The van der Waals surface area contributed by atoms with Gasteiger partial charge in [0.15, 0.2) is 0 Å². The molecule has 35 heavy (non-hydrogen) atoms. The van der Waals surface area contributed by atoms with Gasteiger partial charge in [-0.15, -0.1) is 0 Å². The molecule has 1 amide bonds. The van der Waals surface area contributed by atoms with Gasteiger partial charge in [-0.3, -0.25) is 9.69 Å². The van der Waals surface area contributed by atoms with Crippen molar-refractivity contribution in [3.05, 3.63) is 93.4 Å². The van der Waals surface area contributed by atoms with Gasteiger partial charge in [0.05, 0.1) is 29.9 Å². The van der Waals surface area contributed by atoms with E-state index in [1.807, 2.05) is 73.0 Å². The fraction of sp³-hybridized carbons (Fsp3) is 0.214. The molecule has 0 N–H and O–H groups in total. The highest BCUT2D eigenvalue weighted by molar-refractivity contribution is 6.32. The molecule has 6 nitrogen and oxygen atoms in total. The van der Waals surface area contributed by atoms with E-state index in [1.54, 1.807) is 31.9 Å². The minimum absolute atomic E-state index is 0.217. The molecule has 0 atom stereocenters. The largest absolute Gasteiger partial charge is 0.495 e. The molecule has 1 aliphatic heterocycles. The monoisotopic (exact) mass is 490 g/mol. The Morgan fingerprint density at radius 3 is 2.37 bits per heavy atom. The second-order valence-electron chi connectivity index (χ2n) is 8.20. The average Bonchev–Trinajstić information content (AvgIpc) is 3.25. The van der Waals surface area contributed by atoms with E-state index >= 15 is 0 Å². The predicted molar refractivity (Wildman–Crippen MR) is 138 cm³/mol. The quantitative estimate of drug-likeness (QED) is 0.313. The molecule has 0 saturated heterocycles. The van der Waals surface area contributed by atoms with Gasteiger partial charge in [0.1, 0.15) is 5.75 Å². The highest BCUT2D eigenvalue weighted by Gasteiger charge is 2.38. The molecule has 0 aliphatic carbocycles. The summed E-state index contributed by atoms with van der Waals surface area (Å²) in [5.74, 6) is -0.190. The van der Waals surface area contributed by atoms with Gasteiger partial charge in [0.2, 0.25) is 0 Å². The summed E-state index contributed by atoms with van der Waals surface area (Å²) in [5, 5.41) is 0.505. The second-order valence-corrected chi connectivity index (χ2v) is 8.60. The Kier molecular flexibility index (Phi) is 6.85. The molecular weight excluding hydrogens is 464 g/mol. The molecule has 4 rings (SSSR count). The number of amides is 1. The van der Waals surface area contributed by atoms with Crippen molar-refractivity contribution in [3.8, 4) is 11.4 Å². The second kappa shape index (κ2) is 9.84. The number of ether oxygens (including phenoxy) is 2. The summed E-state index contributed by atoms with van der Waals surface area (Å²) in [6.45, 7) is 7.67. The van der Waals surface area contributed by atoms with Crippen LogP contribution in [0.15, 0.2) is 71.4 Å². The Labute approximate surface area is 210 Å². The van der Waals surface area contributed by atoms with Crippen LogP contribution >= 0.6 is 11.6 Å². The number of aromatic nitrogens is 1. The van der Waals surface area contributed by atoms with Gasteiger partial charge in [-0.25, -0.2) is 4.79 Å². The number of para-hydroxylation sites is 1. The SMILES string of the molecule is CCOC(=O)C1=C(C)N(c2ccccc2)C(=O)/C1=C\c1cc(C)n(-c2ccc(OC)c(Cl)c2)c1C. The number of methoxy groups -OCH3 is 1. The van der Waals surface area contributed by atoms with E-state index in [0.29, 0.717) is 27.7 Å². The van der Waals surface area contributed by atoms with Crippen molar-refractivity contribution in [2.45, 2.75) is 27.7 Å². The number of hydrogen-bond acceptors (Lipinski definition) is 4. The maximum absolute atomic E-state index is 13.6. The Hall–Kier alpha value is -3.77. The number of halogens is 1. The van der Waals surface area contributed by atoms with E-state index < -0.39 is 5.97 Å². The van der Waals surface area contributed by atoms with Crippen LogP contribution in [0.3, 0.4) is 0 Å². The summed E-state index contributed by atoms with van der Waals surface area (Å²) in [4.78, 5) is 28.1. The summed E-state index contributed by atoms with van der Waals surface area (Å²) in [6.07, 6.45) is 1.77. The normalized spacial score (nSPS) is 14.7. The van der Waals surface area contributed by atoms with E-state index in [9.17, 15) is 9.59 Å². The first-order chi connectivity index (χ1) is 16.8. The number of carbonyl (C=O) groups excluding carboxylic acids is 2. The number of aryl methyl sites for hydroxylation is 1. The molecule has 0 spiro atoms. The molecule has 0 radical (unpaired) electrons. The highest BCUT2D eigenvalue weighted by Crippen LogP contribution is 2.36. The van der Waals surface area contributed by atoms with Crippen LogP contribution in [0.4, 0.5) is 5.69 Å². The first kappa shape index (κ1) is 24.4. The van der Waals surface area contributed by atoms with Crippen LogP contribution in [0.25, 0.3) is 11.8 Å². The molecule has 1 aliphatic rings. The maximum atomic E-state index is 13.6. The third-order valence-corrected chi connectivity index (χ3v) is 6.35. The topological polar surface area (TPSA) is 60.8 Å². The zero-order valence-corrected chi connectivity index (χ0v) is 21.1. The third-order valence-electron chi connectivity index (χ3n) is 6.06. The molecule has 7 heteroatoms. The zero-order chi connectivity index (χ0) is 25.3. The molecule has 0 saturated carbocycles. The fourth-order valence-corrected chi connectivity index (χ4v) is 4.70. The summed E-state index contributed by atoms with van der Waals surface area (Å²) < 4.78 is 12.6. The smallest absolute Gasteiger partial charge is 0.340 e. The van der Waals surface area contributed by atoms with Crippen molar-refractivity contribution in [3.63, 3.8) is 0 Å². The highest BCUT2D eigenvalue weighted by atomic mass is 35.5. The van der Waals surface area contributed by atoms with Gasteiger partial charge in [-0.05, 0) is 75.7 Å². The van der Waals surface area contributed by atoms with Crippen LogP contribution in [0.1, 0.15) is 30.8 Å². The van der Waals surface area contributed by atoms with E-state index in [2.05, 4.69) is 0 Å². The minimum atomic E-state index is -0.515. The van der Waals surface area contributed by atoms with Crippen LogP contribution < -0.4 is 9.64 Å². The molecule has 0 fully saturated rings. The van der Waals surface area contributed by atoms with Gasteiger partial charge in [0, 0.05) is 28.5 Å². The van der Waals surface area contributed by atoms with Gasteiger partial charge >= 0.3 is 5.97 Å². The lowest BCUT2D eigenvalue weighted by Crippen LogP contribution is -2.24. The summed E-state index contributed by atoms with van der Waals surface area (Å²) in [7, 11) is 1.57. The Morgan fingerprint density at radius 1 is 1.03 bits per heavy atom. The van der Waals surface area contributed by atoms with Crippen molar-refractivity contribution in [1.82, 2.24) is 4.57 Å². The predicted octanol–water partition coefficient (Wildman–Crippen LogP) is 6.02. The molecule has 2 aromatic carbocycles. The van der Waals surface area contributed by atoms with Crippen LogP contribution in [0, 0.1) is 13.8 Å². The van der Waals surface area contributed by atoms with E-state index in [4.69, 9.17) is 21.1 Å². The number of hydrogen-bond donors (Lipinski definition) is 0. The number of carbonyl (C=O) groups is 2. The molecule has 0 bridgehead atoms. The van der Waals surface area contributed by atoms with E-state index in [0.717, 1.165) is 22.6 Å². The number of benzene rings is 2. The van der Waals surface area contributed by atoms with Gasteiger partial charge in [-0.1, -0.05) is 29.8 Å². The summed E-state index contributed by atoms with van der Waals surface area (Å²) in [6, 6.07) is 16.8. The summed E-state index contributed by atoms with van der Waals surface area (Å²) in [5.41, 5.74) is 5.37. The number of nitrogens with zero attached hydrogens (tertiary/aromatic N) is 2. The van der Waals surface area contributed by atoms with Crippen molar-refractivity contribution < 1.29 is 19.1 Å². The first-order valence-corrected chi connectivity index (χ1v) is 11.7. The third kappa shape index (κ3) is 4.37. The van der Waals surface area contributed by atoms with Crippen LogP contribution in [0.5, 0.6) is 5.75 Å². The summed E-state index contributed by atoms with van der Waals surface area (Å²) >= 11 is 6.36. The van der Waals surface area contributed by atoms with Gasteiger partial charge < -0.3 is 14.0 Å². The maximum Gasteiger partial charge on any atom is 0.340 e. The van der Waals surface area contributed by atoms with E-state index in [-0.39, 0.29) is 18.1 Å². The van der Waals surface area contributed by atoms with Crippen LogP contribution in [-0.2, 0) is 14.3 Å². The number of anilines is 1. The van der Waals surface area contributed by atoms with Crippen molar-refractivity contribution in [1.29, 1.82) is 0 Å². The van der Waals surface area contributed by atoms with Gasteiger partial charge in [0.25, 0.3) is 5.91 Å². The molecule has 0 unspecified atom stereocenters. The Balaban J connectivity index is 1.83. The average molecular weight is 491 g/mol. The van der Waals surface area contributed by atoms with Crippen molar-refractivity contribution in [2.24, 2.45) is 0 Å². The minimum Gasteiger partial charge on any atom is -0.495 e. The van der Waals surface area contributed by atoms with E-state index in [1.165, 1.54) is 0 Å². The van der Waals surface area contributed by atoms with Gasteiger partial charge in [-0.2, -0.15) is 0 Å². The molecule has 180 valence electrons. The van der Waals surface area contributed by atoms with Crippen molar-refractivity contribution >= 4 is 35.2 Å². The Morgan fingerprint density at radius 2 is 1.74 bits per heavy atom. The Bertz CT molecular complexity index is 1370. The first-order valence-electron chi connectivity index (χ1n) is 11.3. The van der Waals surface area contributed by atoms with Crippen LogP contribution in [0.2, 0.25) is 5.02 Å². The number of rotatable bonds is 6. The lowest BCUT2D eigenvalue weighted by molar-refractivity contribution is -0.138. The van der Waals surface area contributed by atoms with Crippen molar-refractivity contribution in [2.75, 3.05) is 18.6 Å². The molecular formula is C28H27ClN2O4. The van der Waals surface area contributed by atoms with Crippen LogP contribution in [-0.4, -0.2) is 30.2 Å².